The van der Waals surface area contributed by atoms with Crippen molar-refractivity contribution in [3.63, 3.8) is 0 Å². The molecule has 1 aliphatic carbocycles. The van der Waals surface area contributed by atoms with Crippen LogP contribution in [0.1, 0.15) is 42.3 Å². The van der Waals surface area contributed by atoms with Gasteiger partial charge in [0.2, 0.25) is 0 Å². The van der Waals surface area contributed by atoms with Crippen LogP contribution >= 0.6 is 0 Å². The highest BCUT2D eigenvalue weighted by Gasteiger charge is 2.41. The molecular formula is C13H21F3N4. The van der Waals surface area contributed by atoms with Crippen LogP contribution in [0, 0.1) is 0 Å². The average Bonchev–Trinajstić information content (AvgIpc) is 2.69. The van der Waals surface area contributed by atoms with Crippen molar-refractivity contribution in [3.8, 4) is 0 Å². The van der Waals surface area contributed by atoms with Crippen LogP contribution < -0.4 is 5.73 Å². The number of rotatable bonds is 4. The Kier molecular flexibility index (Phi) is 4.39. The lowest BCUT2D eigenvalue weighted by Crippen LogP contribution is -2.21. The first-order valence-electron chi connectivity index (χ1n) is 6.87. The quantitative estimate of drug-likeness (QED) is 0.924. The van der Waals surface area contributed by atoms with E-state index in [1.807, 2.05) is 19.0 Å². The van der Waals surface area contributed by atoms with E-state index in [4.69, 9.17) is 5.73 Å². The third kappa shape index (κ3) is 3.15. The van der Waals surface area contributed by atoms with Gasteiger partial charge in [-0.15, -0.1) is 0 Å². The highest BCUT2D eigenvalue weighted by atomic mass is 19.4. The molecule has 0 fully saturated rings. The molecule has 1 atom stereocenters. The topological polar surface area (TPSA) is 47.1 Å². The van der Waals surface area contributed by atoms with Gasteiger partial charge < -0.3 is 10.6 Å². The van der Waals surface area contributed by atoms with Crippen LogP contribution in [-0.4, -0.2) is 35.3 Å². The van der Waals surface area contributed by atoms with Crippen molar-refractivity contribution in [3.05, 3.63) is 17.0 Å². The molecule has 1 aliphatic rings. The Hall–Kier alpha value is -1.08. The second-order valence-corrected chi connectivity index (χ2v) is 5.59. The largest absolute Gasteiger partial charge is 0.435 e. The molecule has 7 heteroatoms. The smallest absolute Gasteiger partial charge is 0.324 e. The lowest BCUT2D eigenvalue weighted by Gasteiger charge is -2.21. The summed E-state index contributed by atoms with van der Waals surface area (Å²) in [4.78, 5) is 2.01. The Labute approximate surface area is 116 Å². The van der Waals surface area contributed by atoms with E-state index < -0.39 is 17.9 Å². The molecule has 1 aromatic rings. The number of alkyl halides is 3. The van der Waals surface area contributed by atoms with Crippen molar-refractivity contribution in [2.24, 2.45) is 5.73 Å². The Morgan fingerprint density at radius 3 is 2.70 bits per heavy atom. The number of fused-ring (bicyclic) bond motifs is 1. The monoisotopic (exact) mass is 290 g/mol. The molecule has 0 radical (unpaired) electrons. The molecule has 20 heavy (non-hydrogen) atoms. The molecule has 0 amide bonds. The Bertz CT molecular complexity index is 465. The van der Waals surface area contributed by atoms with E-state index in [0.717, 1.165) is 19.4 Å². The van der Waals surface area contributed by atoms with Crippen LogP contribution in [0.2, 0.25) is 0 Å². The lowest BCUT2D eigenvalue weighted by molar-refractivity contribution is -0.142. The third-order valence-electron chi connectivity index (χ3n) is 3.64. The van der Waals surface area contributed by atoms with Gasteiger partial charge in [0.05, 0.1) is 0 Å². The van der Waals surface area contributed by atoms with Crippen LogP contribution in [0.15, 0.2) is 0 Å². The third-order valence-corrected chi connectivity index (χ3v) is 3.64. The zero-order valence-electron chi connectivity index (χ0n) is 11.9. The number of aryl methyl sites for hydroxylation is 1. The second-order valence-electron chi connectivity index (χ2n) is 5.59. The zero-order valence-corrected chi connectivity index (χ0v) is 11.9. The van der Waals surface area contributed by atoms with Gasteiger partial charge in [-0.25, -0.2) is 0 Å². The van der Waals surface area contributed by atoms with Gasteiger partial charge in [-0.1, -0.05) is 0 Å². The first-order chi connectivity index (χ1) is 9.30. The molecule has 2 rings (SSSR count). The Morgan fingerprint density at radius 2 is 2.10 bits per heavy atom. The van der Waals surface area contributed by atoms with Gasteiger partial charge in [0.15, 0.2) is 5.69 Å². The number of hydrogen-bond acceptors (Lipinski definition) is 3. The van der Waals surface area contributed by atoms with Gasteiger partial charge in [-0.05, 0) is 46.3 Å². The number of hydrogen-bond donors (Lipinski definition) is 1. The summed E-state index contributed by atoms with van der Waals surface area (Å²) in [7, 11) is 3.88. The van der Waals surface area contributed by atoms with Gasteiger partial charge in [-0.3, -0.25) is 4.68 Å². The molecule has 1 aromatic heterocycles. The van der Waals surface area contributed by atoms with Gasteiger partial charge >= 0.3 is 6.18 Å². The predicted octanol–water partition coefficient (Wildman–Crippen LogP) is 2.19. The average molecular weight is 290 g/mol. The summed E-state index contributed by atoms with van der Waals surface area (Å²) in [6.45, 7) is 1.32. The van der Waals surface area contributed by atoms with E-state index >= 15 is 0 Å². The number of nitrogens with zero attached hydrogens (tertiary/aromatic N) is 3. The fourth-order valence-corrected chi connectivity index (χ4v) is 2.73. The molecule has 0 aromatic carbocycles. The van der Waals surface area contributed by atoms with Crippen molar-refractivity contribution in [1.29, 1.82) is 0 Å². The van der Waals surface area contributed by atoms with Crippen molar-refractivity contribution < 1.29 is 13.2 Å². The van der Waals surface area contributed by atoms with Gasteiger partial charge in [0.25, 0.3) is 0 Å². The summed E-state index contributed by atoms with van der Waals surface area (Å²) >= 11 is 0. The molecular weight excluding hydrogens is 269 g/mol. The van der Waals surface area contributed by atoms with Crippen molar-refractivity contribution >= 4 is 0 Å². The molecule has 0 saturated carbocycles. The Morgan fingerprint density at radius 1 is 1.40 bits per heavy atom. The molecule has 0 aliphatic heterocycles. The molecule has 2 N–H and O–H groups in total. The number of aromatic nitrogens is 2. The highest BCUT2D eigenvalue weighted by Crippen LogP contribution is 2.39. The van der Waals surface area contributed by atoms with Crippen LogP contribution in [0.5, 0.6) is 0 Å². The Balaban J connectivity index is 2.29. The summed E-state index contributed by atoms with van der Waals surface area (Å²) in [6.07, 6.45) is -1.60. The van der Waals surface area contributed by atoms with E-state index in [1.54, 1.807) is 0 Å². The fraction of sp³-hybridized carbons (Fsp3) is 0.769. The van der Waals surface area contributed by atoms with Gasteiger partial charge in [-0.2, -0.15) is 18.3 Å². The van der Waals surface area contributed by atoms with E-state index in [0.29, 0.717) is 25.1 Å². The normalized spacial score (nSPS) is 19.4. The lowest BCUT2D eigenvalue weighted by atomic mass is 9.91. The molecule has 4 nitrogen and oxygen atoms in total. The minimum Gasteiger partial charge on any atom is -0.324 e. The summed E-state index contributed by atoms with van der Waals surface area (Å²) in [6, 6.07) is -0.544. The minimum atomic E-state index is -4.42. The molecule has 1 unspecified atom stereocenters. The maximum atomic E-state index is 13.1. The zero-order chi connectivity index (χ0) is 14.9. The van der Waals surface area contributed by atoms with Crippen LogP contribution in [0.25, 0.3) is 0 Å². The molecule has 114 valence electrons. The van der Waals surface area contributed by atoms with Crippen molar-refractivity contribution in [2.75, 3.05) is 20.6 Å². The summed E-state index contributed by atoms with van der Waals surface area (Å²) in [5.74, 6) is 0. The van der Waals surface area contributed by atoms with Crippen LogP contribution in [0.4, 0.5) is 13.2 Å². The SMILES string of the molecule is CN(C)CCCn1nc(C(F)(F)F)c2c1CCCC2N. The maximum absolute atomic E-state index is 13.1. The van der Waals surface area contributed by atoms with Gasteiger partial charge in [0, 0.05) is 23.8 Å². The second kappa shape index (κ2) is 5.73. The molecule has 1 heterocycles. The summed E-state index contributed by atoms with van der Waals surface area (Å²) in [5, 5.41) is 3.80. The first kappa shape index (κ1) is 15.3. The predicted molar refractivity (Wildman–Crippen MR) is 70.3 cm³/mol. The number of halogens is 3. The van der Waals surface area contributed by atoms with Crippen LogP contribution in [-0.2, 0) is 19.1 Å². The molecule has 0 spiro atoms. The van der Waals surface area contributed by atoms with Crippen molar-refractivity contribution in [2.45, 2.75) is 44.4 Å². The standard InChI is InChI=1S/C13H21F3N4/c1-19(2)7-4-8-20-10-6-3-5-9(17)11(10)12(18-20)13(14,15)16/h9H,3-8,17H2,1-2H3. The van der Waals surface area contributed by atoms with E-state index in [-0.39, 0.29) is 5.56 Å². The fourth-order valence-electron chi connectivity index (χ4n) is 2.73. The van der Waals surface area contributed by atoms with Crippen LogP contribution in [0.3, 0.4) is 0 Å². The van der Waals surface area contributed by atoms with Gasteiger partial charge in [0.1, 0.15) is 0 Å². The number of nitrogens with two attached hydrogens (primary N) is 1. The molecule has 0 saturated heterocycles. The van der Waals surface area contributed by atoms with E-state index in [2.05, 4.69) is 5.10 Å². The van der Waals surface area contributed by atoms with Crippen molar-refractivity contribution in [1.82, 2.24) is 14.7 Å². The van der Waals surface area contributed by atoms with E-state index in [1.165, 1.54) is 4.68 Å². The minimum absolute atomic E-state index is 0.216. The van der Waals surface area contributed by atoms with E-state index in [9.17, 15) is 13.2 Å². The maximum Gasteiger partial charge on any atom is 0.435 e. The molecule has 0 bridgehead atoms. The highest BCUT2D eigenvalue weighted by molar-refractivity contribution is 5.33. The summed E-state index contributed by atoms with van der Waals surface area (Å²) < 4.78 is 40.7. The first-order valence-corrected chi connectivity index (χ1v) is 6.87. The summed E-state index contributed by atoms with van der Waals surface area (Å²) in [5.41, 5.74) is 5.98.